The fourth-order valence-corrected chi connectivity index (χ4v) is 4.48. The SMILES string of the molecule is CNCc1ccc(S(=O)(=O)N2CCCC(C)CC2)cc1Cl. The fourth-order valence-electron chi connectivity index (χ4n) is 2.65. The Morgan fingerprint density at radius 1 is 1.33 bits per heavy atom. The summed E-state index contributed by atoms with van der Waals surface area (Å²) >= 11 is 6.19. The van der Waals surface area contributed by atoms with Crippen molar-refractivity contribution in [1.82, 2.24) is 9.62 Å². The van der Waals surface area contributed by atoms with E-state index in [0.29, 0.717) is 35.5 Å². The Morgan fingerprint density at radius 3 is 2.76 bits per heavy atom. The molecule has 1 heterocycles. The quantitative estimate of drug-likeness (QED) is 0.923. The lowest BCUT2D eigenvalue weighted by Crippen LogP contribution is -2.32. The molecule has 1 aromatic carbocycles. The zero-order chi connectivity index (χ0) is 15.5. The molecular weight excluding hydrogens is 308 g/mol. The van der Waals surface area contributed by atoms with Gasteiger partial charge in [0.15, 0.2) is 0 Å². The second-order valence-electron chi connectivity index (χ2n) is 5.72. The summed E-state index contributed by atoms with van der Waals surface area (Å²) in [5.74, 6) is 0.590. The van der Waals surface area contributed by atoms with Crippen LogP contribution >= 0.6 is 11.6 Å². The highest BCUT2D eigenvalue weighted by Crippen LogP contribution is 2.26. The summed E-state index contributed by atoms with van der Waals surface area (Å²) in [4.78, 5) is 0.293. The third-order valence-electron chi connectivity index (χ3n) is 4.01. The molecule has 2 rings (SSSR count). The standard InChI is InChI=1S/C15H23ClN2O2S/c1-12-4-3-8-18(9-7-12)21(19,20)14-6-5-13(11-17-2)15(16)10-14/h5-6,10,12,17H,3-4,7-9,11H2,1-2H3. The third kappa shape index (κ3) is 3.97. The van der Waals surface area contributed by atoms with Gasteiger partial charge < -0.3 is 5.32 Å². The minimum Gasteiger partial charge on any atom is -0.316 e. The van der Waals surface area contributed by atoms with Crippen molar-refractivity contribution < 1.29 is 8.42 Å². The molecule has 0 amide bonds. The maximum Gasteiger partial charge on any atom is 0.243 e. The smallest absolute Gasteiger partial charge is 0.243 e. The Hall–Kier alpha value is -0.620. The molecule has 1 saturated heterocycles. The predicted octanol–water partition coefficient (Wildman–Crippen LogP) is 2.87. The van der Waals surface area contributed by atoms with Gasteiger partial charge in [0.05, 0.1) is 4.90 Å². The maximum absolute atomic E-state index is 12.7. The largest absolute Gasteiger partial charge is 0.316 e. The number of sulfonamides is 1. The van der Waals surface area contributed by atoms with Gasteiger partial charge in [-0.15, -0.1) is 0 Å². The lowest BCUT2D eigenvalue weighted by atomic mass is 10.0. The van der Waals surface area contributed by atoms with Crippen LogP contribution in [-0.4, -0.2) is 32.9 Å². The summed E-state index contributed by atoms with van der Waals surface area (Å²) in [5.41, 5.74) is 0.905. The molecule has 0 radical (unpaired) electrons. The number of hydrogen-bond acceptors (Lipinski definition) is 3. The van der Waals surface area contributed by atoms with E-state index in [1.807, 2.05) is 7.05 Å². The highest BCUT2D eigenvalue weighted by molar-refractivity contribution is 7.89. The number of benzene rings is 1. The minimum absolute atomic E-state index is 0.293. The van der Waals surface area contributed by atoms with Crippen molar-refractivity contribution in [3.63, 3.8) is 0 Å². The van der Waals surface area contributed by atoms with E-state index in [0.717, 1.165) is 24.8 Å². The van der Waals surface area contributed by atoms with Gasteiger partial charge in [-0.25, -0.2) is 8.42 Å². The van der Waals surface area contributed by atoms with Crippen LogP contribution in [0.25, 0.3) is 0 Å². The van der Waals surface area contributed by atoms with E-state index in [9.17, 15) is 8.42 Å². The first-order chi connectivity index (χ1) is 9.95. The molecule has 1 unspecified atom stereocenters. The number of hydrogen-bond donors (Lipinski definition) is 1. The zero-order valence-corrected chi connectivity index (χ0v) is 14.2. The first-order valence-electron chi connectivity index (χ1n) is 7.38. The summed E-state index contributed by atoms with van der Waals surface area (Å²) in [5, 5.41) is 3.51. The van der Waals surface area contributed by atoms with Crippen LogP contribution in [-0.2, 0) is 16.6 Å². The minimum atomic E-state index is -3.43. The first kappa shape index (κ1) is 16.7. The predicted molar refractivity (Wildman–Crippen MR) is 86.0 cm³/mol. The van der Waals surface area contributed by atoms with Crippen LogP contribution < -0.4 is 5.32 Å². The normalized spacial score (nSPS) is 21.2. The van der Waals surface area contributed by atoms with Crippen LogP contribution in [0.3, 0.4) is 0 Å². The number of halogens is 1. The lowest BCUT2D eigenvalue weighted by molar-refractivity contribution is 0.417. The van der Waals surface area contributed by atoms with E-state index < -0.39 is 10.0 Å². The lowest BCUT2D eigenvalue weighted by Gasteiger charge is -2.20. The van der Waals surface area contributed by atoms with E-state index >= 15 is 0 Å². The van der Waals surface area contributed by atoms with Gasteiger partial charge >= 0.3 is 0 Å². The summed E-state index contributed by atoms with van der Waals surface area (Å²) in [6, 6.07) is 5.01. The molecule has 0 aromatic heterocycles. The number of nitrogens with zero attached hydrogens (tertiary/aromatic N) is 1. The Bertz CT molecular complexity index is 589. The van der Waals surface area contributed by atoms with Crippen molar-refractivity contribution in [3.05, 3.63) is 28.8 Å². The molecule has 1 aliphatic rings. The number of rotatable bonds is 4. The van der Waals surface area contributed by atoms with Gasteiger partial charge in [0.2, 0.25) is 10.0 Å². The van der Waals surface area contributed by atoms with Crippen molar-refractivity contribution in [2.45, 2.75) is 37.6 Å². The molecule has 6 heteroatoms. The highest BCUT2D eigenvalue weighted by atomic mass is 35.5. The van der Waals surface area contributed by atoms with Crippen LogP contribution in [0.4, 0.5) is 0 Å². The Morgan fingerprint density at radius 2 is 2.10 bits per heavy atom. The molecule has 1 atom stereocenters. The topological polar surface area (TPSA) is 49.4 Å². The van der Waals surface area contributed by atoms with Crippen molar-refractivity contribution in [3.8, 4) is 0 Å². The van der Waals surface area contributed by atoms with Crippen molar-refractivity contribution in [1.29, 1.82) is 0 Å². The van der Waals surface area contributed by atoms with Crippen LogP contribution in [0, 0.1) is 5.92 Å². The van der Waals surface area contributed by atoms with Gasteiger partial charge in [-0.1, -0.05) is 24.6 Å². The van der Waals surface area contributed by atoms with Gasteiger partial charge in [-0.2, -0.15) is 4.31 Å². The summed E-state index contributed by atoms with van der Waals surface area (Å²) in [6.45, 7) is 4.00. The fraction of sp³-hybridized carbons (Fsp3) is 0.600. The average Bonchev–Trinajstić information content (AvgIpc) is 2.66. The molecule has 0 bridgehead atoms. The van der Waals surface area contributed by atoms with Crippen molar-refractivity contribution >= 4 is 21.6 Å². The van der Waals surface area contributed by atoms with Crippen LogP contribution in [0.1, 0.15) is 31.7 Å². The molecule has 0 spiro atoms. The molecule has 21 heavy (non-hydrogen) atoms. The maximum atomic E-state index is 12.7. The first-order valence-corrected chi connectivity index (χ1v) is 9.20. The molecule has 1 N–H and O–H groups in total. The molecule has 0 aliphatic carbocycles. The van der Waals surface area contributed by atoms with Gasteiger partial charge in [-0.05, 0) is 49.9 Å². The van der Waals surface area contributed by atoms with E-state index in [1.54, 1.807) is 22.5 Å². The summed E-state index contributed by atoms with van der Waals surface area (Å²) < 4.78 is 27.0. The van der Waals surface area contributed by atoms with Gasteiger partial charge in [-0.3, -0.25) is 0 Å². The third-order valence-corrected chi connectivity index (χ3v) is 6.25. The average molecular weight is 331 g/mol. The molecular formula is C15H23ClN2O2S. The van der Waals surface area contributed by atoms with Crippen LogP contribution in [0.2, 0.25) is 5.02 Å². The van der Waals surface area contributed by atoms with Crippen LogP contribution in [0.15, 0.2) is 23.1 Å². The van der Waals surface area contributed by atoms with E-state index in [4.69, 9.17) is 11.6 Å². The van der Waals surface area contributed by atoms with Crippen LogP contribution in [0.5, 0.6) is 0 Å². The van der Waals surface area contributed by atoms with Gasteiger partial charge in [0.25, 0.3) is 0 Å². The summed E-state index contributed by atoms with van der Waals surface area (Å²) in [6.07, 6.45) is 2.94. The molecule has 0 saturated carbocycles. The van der Waals surface area contributed by atoms with Crippen molar-refractivity contribution in [2.75, 3.05) is 20.1 Å². The van der Waals surface area contributed by atoms with E-state index in [-0.39, 0.29) is 0 Å². The Balaban J connectivity index is 2.24. The second-order valence-corrected chi connectivity index (χ2v) is 8.07. The second kappa shape index (κ2) is 7.09. The molecule has 1 fully saturated rings. The zero-order valence-electron chi connectivity index (χ0n) is 12.6. The van der Waals surface area contributed by atoms with E-state index in [2.05, 4.69) is 12.2 Å². The van der Waals surface area contributed by atoms with Crippen molar-refractivity contribution in [2.24, 2.45) is 5.92 Å². The molecule has 118 valence electrons. The highest BCUT2D eigenvalue weighted by Gasteiger charge is 2.27. The Kier molecular flexibility index (Phi) is 5.66. The molecule has 1 aliphatic heterocycles. The molecule has 1 aromatic rings. The van der Waals surface area contributed by atoms with E-state index in [1.165, 1.54) is 0 Å². The van der Waals surface area contributed by atoms with Gasteiger partial charge in [0.1, 0.15) is 0 Å². The van der Waals surface area contributed by atoms with Gasteiger partial charge in [0, 0.05) is 24.7 Å². The number of nitrogens with one attached hydrogen (secondary N) is 1. The summed E-state index contributed by atoms with van der Waals surface area (Å²) in [7, 11) is -1.60. The monoisotopic (exact) mass is 330 g/mol. The molecule has 4 nitrogen and oxygen atoms in total. The Labute approximate surface area is 132 Å².